The number of hydrogen-bond donors (Lipinski definition) is 0. The molecule has 0 saturated heterocycles. The average molecular weight is 328 g/mol. The van der Waals surface area contributed by atoms with Crippen molar-refractivity contribution in [1.82, 2.24) is 4.90 Å². The minimum atomic E-state index is -1.14. The highest BCUT2D eigenvalue weighted by Crippen LogP contribution is 2.37. The topological polar surface area (TPSA) is 3.24 Å². The predicted molar refractivity (Wildman–Crippen MR) is 107 cm³/mol. The SMILES string of the molecule is CCCCCCCC(C(CC)N(C(C)C)C(C)C)[Si](C)(C)C. The van der Waals surface area contributed by atoms with Gasteiger partial charge in [-0.05, 0) is 39.7 Å². The van der Waals surface area contributed by atoms with E-state index in [1.54, 1.807) is 0 Å². The summed E-state index contributed by atoms with van der Waals surface area (Å²) < 4.78 is 0. The summed E-state index contributed by atoms with van der Waals surface area (Å²) in [7, 11) is -1.14. The molecule has 0 aromatic rings. The van der Waals surface area contributed by atoms with Crippen molar-refractivity contribution in [2.45, 2.75) is 130 Å². The van der Waals surface area contributed by atoms with Crippen molar-refractivity contribution in [2.75, 3.05) is 0 Å². The van der Waals surface area contributed by atoms with E-state index in [1.807, 2.05) is 0 Å². The molecule has 0 fully saturated rings. The van der Waals surface area contributed by atoms with Crippen LogP contribution in [0.15, 0.2) is 0 Å². The van der Waals surface area contributed by atoms with Gasteiger partial charge in [0.1, 0.15) is 0 Å². The molecule has 0 rings (SSSR count). The highest BCUT2D eigenvalue weighted by Gasteiger charge is 2.37. The minimum Gasteiger partial charge on any atom is -0.296 e. The zero-order valence-electron chi connectivity index (χ0n) is 17.2. The van der Waals surface area contributed by atoms with Crippen molar-refractivity contribution < 1.29 is 0 Å². The molecule has 0 aliphatic heterocycles. The number of nitrogens with zero attached hydrogens (tertiary/aromatic N) is 1. The van der Waals surface area contributed by atoms with Crippen LogP contribution >= 0.6 is 0 Å². The Bertz CT molecular complexity index is 259. The summed E-state index contributed by atoms with van der Waals surface area (Å²) in [6, 6.07) is 2.09. The smallest absolute Gasteiger partial charge is 0.0490 e. The summed E-state index contributed by atoms with van der Waals surface area (Å²) in [4.78, 5) is 2.80. The molecule has 1 nitrogen and oxygen atoms in total. The van der Waals surface area contributed by atoms with Gasteiger partial charge in [-0.25, -0.2) is 0 Å². The molecular formula is C20H45NSi. The lowest BCUT2D eigenvalue weighted by molar-refractivity contribution is 0.0995. The minimum absolute atomic E-state index is 0.656. The van der Waals surface area contributed by atoms with Gasteiger partial charge in [0.25, 0.3) is 0 Å². The van der Waals surface area contributed by atoms with Gasteiger partial charge in [0, 0.05) is 26.2 Å². The molecule has 0 spiro atoms. The van der Waals surface area contributed by atoms with Gasteiger partial charge in [-0.3, -0.25) is 4.90 Å². The summed E-state index contributed by atoms with van der Waals surface area (Å²) in [6.07, 6.45) is 9.84. The first-order valence-electron chi connectivity index (χ1n) is 9.94. The maximum absolute atomic E-state index is 2.80. The lowest BCUT2D eigenvalue weighted by atomic mass is 9.99. The van der Waals surface area contributed by atoms with Gasteiger partial charge in [-0.15, -0.1) is 0 Å². The Morgan fingerprint density at radius 1 is 0.773 bits per heavy atom. The van der Waals surface area contributed by atoms with E-state index in [0.29, 0.717) is 12.1 Å². The summed E-state index contributed by atoms with van der Waals surface area (Å²) in [5.41, 5.74) is 0.934. The van der Waals surface area contributed by atoms with Gasteiger partial charge in [-0.1, -0.05) is 72.0 Å². The van der Waals surface area contributed by atoms with Crippen molar-refractivity contribution in [1.29, 1.82) is 0 Å². The van der Waals surface area contributed by atoms with Crippen molar-refractivity contribution in [3.05, 3.63) is 0 Å². The molecule has 0 radical (unpaired) electrons. The highest BCUT2D eigenvalue weighted by atomic mass is 28.3. The quantitative estimate of drug-likeness (QED) is 0.277. The van der Waals surface area contributed by atoms with E-state index in [-0.39, 0.29) is 0 Å². The Labute approximate surface area is 143 Å². The van der Waals surface area contributed by atoms with E-state index in [0.717, 1.165) is 11.6 Å². The summed E-state index contributed by atoms with van der Waals surface area (Å²) >= 11 is 0. The molecule has 2 unspecified atom stereocenters. The fourth-order valence-electron chi connectivity index (χ4n) is 4.24. The Morgan fingerprint density at radius 3 is 1.64 bits per heavy atom. The molecule has 2 heteroatoms. The third-order valence-corrected chi connectivity index (χ3v) is 8.09. The zero-order valence-corrected chi connectivity index (χ0v) is 18.2. The average Bonchev–Trinajstić information content (AvgIpc) is 2.38. The largest absolute Gasteiger partial charge is 0.296 e. The van der Waals surface area contributed by atoms with Crippen LogP contribution in [-0.4, -0.2) is 31.1 Å². The van der Waals surface area contributed by atoms with Gasteiger partial charge in [0.2, 0.25) is 0 Å². The van der Waals surface area contributed by atoms with Crippen LogP contribution in [0.5, 0.6) is 0 Å². The molecule has 0 bridgehead atoms. The first kappa shape index (κ1) is 22.2. The molecular weight excluding hydrogens is 282 g/mol. The first-order valence-corrected chi connectivity index (χ1v) is 13.5. The lowest BCUT2D eigenvalue weighted by Gasteiger charge is -2.46. The summed E-state index contributed by atoms with van der Waals surface area (Å²) in [5.74, 6) is 0. The molecule has 0 aliphatic carbocycles. The van der Waals surface area contributed by atoms with Crippen LogP contribution in [0.3, 0.4) is 0 Å². The first-order chi connectivity index (χ1) is 10.2. The predicted octanol–water partition coefficient (Wildman–Crippen LogP) is 6.95. The lowest BCUT2D eigenvalue weighted by Crippen LogP contribution is -2.51. The van der Waals surface area contributed by atoms with Gasteiger partial charge in [0.05, 0.1) is 0 Å². The molecule has 134 valence electrons. The number of rotatable bonds is 12. The number of hydrogen-bond acceptors (Lipinski definition) is 1. The maximum atomic E-state index is 2.80. The van der Waals surface area contributed by atoms with Gasteiger partial charge in [-0.2, -0.15) is 0 Å². The molecule has 0 aromatic heterocycles. The van der Waals surface area contributed by atoms with E-state index >= 15 is 0 Å². The fourth-order valence-corrected chi connectivity index (χ4v) is 6.87. The van der Waals surface area contributed by atoms with Crippen molar-refractivity contribution in [3.8, 4) is 0 Å². The Balaban J connectivity index is 4.96. The molecule has 0 heterocycles. The van der Waals surface area contributed by atoms with Gasteiger partial charge in [0.15, 0.2) is 0 Å². The van der Waals surface area contributed by atoms with Crippen LogP contribution in [0.1, 0.15) is 86.5 Å². The van der Waals surface area contributed by atoms with Crippen molar-refractivity contribution in [3.63, 3.8) is 0 Å². The van der Waals surface area contributed by atoms with Crippen molar-refractivity contribution >= 4 is 8.07 Å². The van der Waals surface area contributed by atoms with Gasteiger partial charge < -0.3 is 0 Å². The Morgan fingerprint density at radius 2 is 1.27 bits per heavy atom. The van der Waals surface area contributed by atoms with E-state index in [1.165, 1.54) is 44.9 Å². The molecule has 0 amide bonds. The number of unbranched alkanes of at least 4 members (excludes halogenated alkanes) is 4. The van der Waals surface area contributed by atoms with Crippen LogP contribution in [-0.2, 0) is 0 Å². The van der Waals surface area contributed by atoms with Crippen LogP contribution < -0.4 is 0 Å². The van der Waals surface area contributed by atoms with Crippen LogP contribution in [0.2, 0.25) is 25.2 Å². The molecule has 0 N–H and O–H groups in total. The molecule has 0 aromatic carbocycles. The zero-order chi connectivity index (χ0) is 17.3. The third kappa shape index (κ3) is 7.63. The summed E-state index contributed by atoms with van der Waals surface area (Å²) in [5, 5.41) is 0. The molecule has 0 aliphatic rings. The molecule has 2 atom stereocenters. The standard InChI is InChI=1S/C20H45NSi/c1-10-12-13-14-15-16-20(22(7,8)9)19(11-2)21(17(3)4)18(5)6/h17-20H,10-16H2,1-9H3. The van der Waals surface area contributed by atoms with E-state index < -0.39 is 8.07 Å². The Kier molecular flexibility index (Phi) is 10.9. The van der Waals surface area contributed by atoms with Gasteiger partial charge >= 0.3 is 0 Å². The maximum Gasteiger partial charge on any atom is 0.0490 e. The monoisotopic (exact) mass is 327 g/mol. The van der Waals surface area contributed by atoms with Crippen LogP contribution in [0, 0.1) is 0 Å². The van der Waals surface area contributed by atoms with E-state index in [9.17, 15) is 0 Å². The highest BCUT2D eigenvalue weighted by molar-refractivity contribution is 6.77. The molecule has 22 heavy (non-hydrogen) atoms. The van der Waals surface area contributed by atoms with Crippen LogP contribution in [0.25, 0.3) is 0 Å². The van der Waals surface area contributed by atoms with E-state index in [2.05, 4.69) is 66.1 Å². The van der Waals surface area contributed by atoms with E-state index in [4.69, 9.17) is 0 Å². The normalized spacial score (nSPS) is 15.8. The molecule has 0 saturated carbocycles. The Hall–Kier alpha value is 0.177. The second-order valence-electron chi connectivity index (χ2n) is 8.79. The summed E-state index contributed by atoms with van der Waals surface area (Å²) in [6.45, 7) is 22.0. The van der Waals surface area contributed by atoms with Crippen molar-refractivity contribution in [2.24, 2.45) is 0 Å². The second kappa shape index (κ2) is 10.9. The second-order valence-corrected chi connectivity index (χ2v) is 14.3. The fraction of sp³-hybridized carbons (Fsp3) is 1.00. The van der Waals surface area contributed by atoms with Crippen LogP contribution in [0.4, 0.5) is 0 Å². The third-order valence-electron chi connectivity index (χ3n) is 5.19.